The number of pyridine rings is 1. The lowest BCUT2D eigenvalue weighted by Gasteiger charge is -2.59. The number of piperazine rings is 1. The highest BCUT2D eigenvalue weighted by molar-refractivity contribution is 5.95. The lowest BCUT2D eigenvalue weighted by Crippen LogP contribution is -2.66. The van der Waals surface area contributed by atoms with Crippen LogP contribution in [-0.4, -0.2) is 124 Å². The van der Waals surface area contributed by atoms with E-state index in [9.17, 15) is 9.70 Å². The minimum atomic E-state index is -0.526. The van der Waals surface area contributed by atoms with Crippen molar-refractivity contribution in [2.75, 3.05) is 89.6 Å². The second-order valence-electron chi connectivity index (χ2n) is 18.0. The van der Waals surface area contributed by atoms with E-state index in [0.717, 1.165) is 110 Å². The smallest absolute Gasteiger partial charge is 0.155 e. The quantitative estimate of drug-likeness (QED) is 0.0752. The van der Waals surface area contributed by atoms with Crippen molar-refractivity contribution in [1.82, 2.24) is 19.4 Å². The van der Waals surface area contributed by atoms with Crippen LogP contribution in [0.5, 0.6) is 0 Å². The van der Waals surface area contributed by atoms with Gasteiger partial charge in [0.15, 0.2) is 5.34 Å². The Balaban J connectivity index is 1.29. The van der Waals surface area contributed by atoms with Crippen molar-refractivity contribution in [1.29, 1.82) is 0 Å². The molecule has 0 radical (unpaired) electrons. The standard InChI is InChI=1S/C44H66N8O5/c1-7-52-39-12-11-33(48(21-22-55-5)16-13-40(38(45)27-53)51-28-44(29-51)14-8-15-44)23-35(39)37(25-43(3,4)30-57-47-54)42(52)36-24-34(26-46-41(36)31(2)56-6)50-19-17-49(18-20-50)32-9-10-32/h11-12,23-24,26-27,31-32,38,40H,7-10,13-22,25,28-30,45H2,1-6H3. The Morgan fingerprint density at radius 2 is 1.86 bits per heavy atom. The lowest BCUT2D eigenvalue weighted by molar-refractivity contribution is -0.116. The van der Waals surface area contributed by atoms with Crippen LogP contribution < -0.4 is 15.5 Å². The van der Waals surface area contributed by atoms with Crippen molar-refractivity contribution in [3.8, 4) is 11.3 Å². The predicted molar refractivity (Wildman–Crippen MR) is 227 cm³/mol. The van der Waals surface area contributed by atoms with Crippen LogP contribution in [-0.2, 0) is 32.1 Å². The van der Waals surface area contributed by atoms with E-state index in [-0.39, 0.29) is 18.8 Å². The van der Waals surface area contributed by atoms with Gasteiger partial charge in [-0.05, 0) is 87.6 Å². The fourth-order valence-electron chi connectivity index (χ4n) is 9.81. The third-order valence-electron chi connectivity index (χ3n) is 13.5. The molecule has 4 heterocycles. The number of benzene rings is 1. The van der Waals surface area contributed by atoms with Crippen molar-refractivity contribution >= 4 is 28.6 Å². The Kier molecular flexibility index (Phi) is 12.9. The molecule has 2 saturated heterocycles. The monoisotopic (exact) mass is 787 g/mol. The molecule has 312 valence electrons. The highest BCUT2D eigenvalue weighted by Gasteiger charge is 2.49. The molecule has 1 spiro atoms. The zero-order valence-electron chi connectivity index (χ0n) is 35.3. The molecular formula is C44H66N8O5. The third kappa shape index (κ3) is 8.88. The molecule has 2 aromatic heterocycles. The van der Waals surface area contributed by atoms with Gasteiger partial charge in [0.05, 0.1) is 42.0 Å². The summed E-state index contributed by atoms with van der Waals surface area (Å²) in [7, 11) is 3.48. The number of aromatic nitrogens is 2. The lowest BCUT2D eigenvalue weighted by atomic mass is 9.63. The van der Waals surface area contributed by atoms with E-state index >= 15 is 0 Å². The zero-order valence-corrected chi connectivity index (χ0v) is 35.3. The van der Waals surface area contributed by atoms with E-state index in [1.54, 1.807) is 14.2 Å². The fourth-order valence-corrected chi connectivity index (χ4v) is 9.81. The Hall–Kier alpha value is -3.62. The number of aldehydes is 1. The molecule has 0 amide bonds. The van der Waals surface area contributed by atoms with E-state index in [1.165, 1.54) is 37.7 Å². The summed E-state index contributed by atoms with van der Waals surface area (Å²) >= 11 is 0. The maximum Gasteiger partial charge on any atom is 0.155 e. The number of rotatable bonds is 21. The molecule has 2 aliphatic heterocycles. The summed E-state index contributed by atoms with van der Waals surface area (Å²) in [6.07, 6.45) is 10.7. The Labute approximate surface area is 339 Å². The predicted octanol–water partition coefficient (Wildman–Crippen LogP) is 6.21. The van der Waals surface area contributed by atoms with Crippen LogP contribution in [0.3, 0.4) is 0 Å². The SMILES string of the molecule is CCn1c(-c2cc(N3CCN(C4CC4)CC3)cnc2C(C)OC)c(CC(C)(C)CON=O)c2cc(N(CCOC)CCC(C(N)C=O)N3CC4(CCC4)C3)ccc21. The first kappa shape index (κ1) is 41.5. The number of aryl methyl sites for hydroxylation is 1. The van der Waals surface area contributed by atoms with Gasteiger partial charge >= 0.3 is 0 Å². The van der Waals surface area contributed by atoms with E-state index in [2.05, 4.69) is 81.5 Å². The first-order chi connectivity index (χ1) is 27.5. The summed E-state index contributed by atoms with van der Waals surface area (Å²) in [6, 6.07) is 9.35. The minimum absolute atomic E-state index is 0.00396. The first-order valence-electron chi connectivity index (χ1n) is 21.3. The van der Waals surface area contributed by atoms with Crippen LogP contribution in [0.1, 0.15) is 83.6 Å². The molecular weight excluding hydrogens is 721 g/mol. The number of ether oxygens (including phenoxy) is 2. The minimum Gasteiger partial charge on any atom is -0.383 e. The maximum absolute atomic E-state index is 12.1. The largest absolute Gasteiger partial charge is 0.383 e. The van der Waals surface area contributed by atoms with Gasteiger partial charge in [-0.1, -0.05) is 20.3 Å². The number of nitrogens with zero attached hydrogens (tertiary/aromatic N) is 7. The molecule has 3 aromatic rings. The molecule has 2 saturated carbocycles. The molecule has 2 aliphatic carbocycles. The summed E-state index contributed by atoms with van der Waals surface area (Å²) in [5, 5.41) is 3.92. The van der Waals surface area contributed by atoms with E-state index in [4.69, 9.17) is 25.0 Å². The summed E-state index contributed by atoms with van der Waals surface area (Å²) in [4.78, 5) is 43.5. The number of carbonyl (C=O) groups excluding carboxylic acids is 1. The van der Waals surface area contributed by atoms with Gasteiger partial charge in [-0.3, -0.25) is 14.8 Å². The van der Waals surface area contributed by atoms with Crippen LogP contribution in [0.2, 0.25) is 0 Å². The van der Waals surface area contributed by atoms with E-state index < -0.39 is 11.5 Å². The number of likely N-dealkylation sites (tertiary alicyclic amines) is 1. The van der Waals surface area contributed by atoms with Gasteiger partial charge in [0.1, 0.15) is 12.9 Å². The van der Waals surface area contributed by atoms with Gasteiger partial charge in [-0.2, -0.15) is 0 Å². The van der Waals surface area contributed by atoms with Gasteiger partial charge in [0.25, 0.3) is 0 Å². The highest BCUT2D eigenvalue weighted by atomic mass is 16.7. The summed E-state index contributed by atoms with van der Waals surface area (Å²) in [6.45, 7) is 17.6. The molecule has 4 aliphatic rings. The molecule has 4 fully saturated rings. The topological polar surface area (TPSA) is 131 Å². The molecule has 1 aromatic carbocycles. The van der Waals surface area contributed by atoms with Gasteiger partial charge in [-0.15, -0.1) is 4.91 Å². The third-order valence-corrected chi connectivity index (χ3v) is 13.5. The Bertz CT molecular complexity index is 1840. The molecule has 0 bridgehead atoms. The number of anilines is 2. The van der Waals surface area contributed by atoms with Crippen LogP contribution in [0, 0.1) is 15.7 Å². The second kappa shape index (κ2) is 17.7. The summed E-state index contributed by atoms with van der Waals surface area (Å²) in [5.41, 5.74) is 14.1. The average molecular weight is 787 g/mol. The normalized spacial score (nSPS) is 20.2. The van der Waals surface area contributed by atoms with Crippen molar-refractivity contribution in [3.63, 3.8) is 0 Å². The van der Waals surface area contributed by atoms with Crippen LogP contribution in [0.25, 0.3) is 22.2 Å². The summed E-state index contributed by atoms with van der Waals surface area (Å²) < 4.78 is 14.0. The number of hydrogen-bond donors (Lipinski definition) is 1. The van der Waals surface area contributed by atoms with Crippen molar-refractivity contribution < 1.29 is 19.1 Å². The van der Waals surface area contributed by atoms with Gasteiger partial charge in [0, 0.05) is 113 Å². The molecule has 2 N–H and O–H groups in total. The number of fused-ring (bicyclic) bond motifs is 1. The molecule has 57 heavy (non-hydrogen) atoms. The number of nitrogens with two attached hydrogens (primary N) is 1. The molecule has 13 nitrogen and oxygen atoms in total. The maximum atomic E-state index is 12.1. The Morgan fingerprint density at radius 3 is 2.47 bits per heavy atom. The summed E-state index contributed by atoms with van der Waals surface area (Å²) in [5.74, 6) is 0. The molecule has 3 unspecified atom stereocenters. The number of hydrogen-bond acceptors (Lipinski definition) is 12. The number of carbonyl (C=O) groups is 1. The second-order valence-corrected chi connectivity index (χ2v) is 18.0. The first-order valence-corrected chi connectivity index (χ1v) is 21.3. The van der Waals surface area contributed by atoms with Crippen molar-refractivity contribution in [3.05, 3.63) is 46.6 Å². The fraction of sp³-hybridized carbons (Fsp3) is 0.682. The van der Waals surface area contributed by atoms with Crippen molar-refractivity contribution in [2.45, 2.75) is 103 Å². The van der Waals surface area contributed by atoms with Crippen molar-refractivity contribution in [2.24, 2.45) is 21.9 Å². The zero-order chi connectivity index (χ0) is 40.3. The average Bonchev–Trinajstić information content (AvgIpc) is 4.00. The highest BCUT2D eigenvalue weighted by Crippen LogP contribution is 2.49. The molecule has 3 atom stereocenters. The van der Waals surface area contributed by atoms with Crippen LogP contribution >= 0.6 is 0 Å². The molecule has 7 rings (SSSR count). The number of methoxy groups -OCH3 is 2. The van der Waals surface area contributed by atoms with Gasteiger partial charge in [-0.25, -0.2) is 0 Å². The van der Waals surface area contributed by atoms with Crippen LogP contribution in [0.4, 0.5) is 11.4 Å². The van der Waals surface area contributed by atoms with E-state index in [1.807, 2.05) is 6.20 Å². The van der Waals surface area contributed by atoms with E-state index in [0.29, 0.717) is 25.0 Å². The van der Waals surface area contributed by atoms with Gasteiger partial charge in [0.2, 0.25) is 0 Å². The van der Waals surface area contributed by atoms with Crippen LogP contribution in [0.15, 0.2) is 35.8 Å². The Morgan fingerprint density at radius 1 is 1.11 bits per heavy atom. The molecule has 13 heteroatoms. The van der Waals surface area contributed by atoms with Gasteiger partial charge < -0.3 is 39.2 Å².